The number of hydrogen-bond acceptors (Lipinski definition) is 2. The average Bonchev–Trinajstić information content (AvgIpc) is 2.77. The van der Waals surface area contributed by atoms with Crippen LogP contribution < -0.4 is 5.32 Å². The molecule has 96 valence electrons. The zero-order chi connectivity index (χ0) is 13.0. The lowest BCUT2D eigenvalue weighted by Crippen LogP contribution is -2.09. The highest BCUT2D eigenvalue weighted by molar-refractivity contribution is 9.10. The monoisotopic (exact) mass is 311 g/mol. The molecule has 0 unspecified atom stereocenters. The molecule has 0 saturated carbocycles. The molecule has 2 aromatic rings. The van der Waals surface area contributed by atoms with Gasteiger partial charge in [0.2, 0.25) is 0 Å². The lowest BCUT2D eigenvalue weighted by Gasteiger charge is -2.10. The third kappa shape index (κ3) is 2.90. The van der Waals surface area contributed by atoms with Gasteiger partial charge < -0.3 is 9.88 Å². The molecule has 1 aromatic carbocycles. The minimum absolute atomic E-state index is 0.266. The fourth-order valence-corrected chi connectivity index (χ4v) is 2.27. The van der Waals surface area contributed by atoms with E-state index in [0.29, 0.717) is 12.2 Å². The summed E-state index contributed by atoms with van der Waals surface area (Å²) in [7, 11) is 0. The van der Waals surface area contributed by atoms with E-state index >= 15 is 0 Å². The summed E-state index contributed by atoms with van der Waals surface area (Å²) in [6, 6.07) is 4.91. The van der Waals surface area contributed by atoms with Crippen LogP contribution in [-0.4, -0.2) is 9.55 Å². The normalized spacial score (nSPS) is 10.6. The van der Waals surface area contributed by atoms with Crippen LogP contribution in [0, 0.1) is 5.82 Å². The Morgan fingerprint density at radius 2 is 2.28 bits per heavy atom. The van der Waals surface area contributed by atoms with Crippen LogP contribution in [-0.2, 0) is 13.1 Å². The molecule has 0 aliphatic carbocycles. The van der Waals surface area contributed by atoms with Gasteiger partial charge in [0, 0.05) is 23.4 Å². The number of hydrogen-bond donors (Lipinski definition) is 1. The minimum Gasteiger partial charge on any atom is -0.375 e. The van der Waals surface area contributed by atoms with E-state index in [-0.39, 0.29) is 5.82 Å². The molecule has 0 aliphatic heterocycles. The zero-order valence-corrected chi connectivity index (χ0v) is 11.7. The molecule has 0 aliphatic rings. The molecule has 0 spiro atoms. The van der Waals surface area contributed by atoms with E-state index in [1.54, 1.807) is 12.3 Å². The van der Waals surface area contributed by atoms with E-state index in [0.717, 1.165) is 23.3 Å². The van der Waals surface area contributed by atoms with Crippen LogP contribution in [0.2, 0.25) is 0 Å². The van der Waals surface area contributed by atoms with Crippen LogP contribution in [0.4, 0.5) is 10.1 Å². The van der Waals surface area contributed by atoms with Crippen molar-refractivity contribution in [3.63, 3.8) is 0 Å². The van der Waals surface area contributed by atoms with Crippen molar-refractivity contribution < 1.29 is 4.39 Å². The highest BCUT2D eigenvalue weighted by Gasteiger charge is 2.07. The molecular weight excluding hydrogens is 297 g/mol. The Labute approximate surface area is 114 Å². The van der Waals surface area contributed by atoms with Crippen molar-refractivity contribution in [3.8, 4) is 0 Å². The molecule has 0 fully saturated rings. The van der Waals surface area contributed by atoms with Gasteiger partial charge in [0.1, 0.15) is 11.6 Å². The number of rotatable bonds is 5. The number of aryl methyl sites for hydroxylation is 1. The second-order valence-electron chi connectivity index (χ2n) is 3.99. The number of nitrogens with zero attached hydrogens (tertiary/aromatic N) is 2. The molecule has 1 heterocycles. The fraction of sp³-hybridized carbons (Fsp3) is 0.308. The van der Waals surface area contributed by atoms with Crippen LogP contribution in [0.15, 0.2) is 35.1 Å². The Bertz CT molecular complexity index is 504. The van der Waals surface area contributed by atoms with E-state index in [1.807, 2.05) is 12.3 Å². The molecule has 18 heavy (non-hydrogen) atoms. The van der Waals surface area contributed by atoms with E-state index in [2.05, 4.69) is 37.7 Å². The maximum atomic E-state index is 13.6. The van der Waals surface area contributed by atoms with Gasteiger partial charge in [-0.3, -0.25) is 0 Å². The van der Waals surface area contributed by atoms with Gasteiger partial charge in [-0.1, -0.05) is 13.0 Å². The Morgan fingerprint density at radius 1 is 1.44 bits per heavy atom. The first-order valence-electron chi connectivity index (χ1n) is 5.90. The SMILES string of the molecule is CCCn1ccnc1CNc1c(F)cccc1Br. The van der Waals surface area contributed by atoms with Crippen molar-refractivity contribution in [1.29, 1.82) is 0 Å². The minimum atomic E-state index is -0.266. The second-order valence-corrected chi connectivity index (χ2v) is 4.84. The molecule has 1 aromatic heterocycles. The smallest absolute Gasteiger partial charge is 0.147 e. The van der Waals surface area contributed by atoms with Gasteiger partial charge >= 0.3 is 0 Å². The van der Waals surface area contributed by atoms with Gasteiger partial charge in [-0.15, -0.1) is 0 Å². The molecule has 3 nitrogen and oxygen atoms in total. The van der Waals surface area contributed by atoms with Crippen LogP contribution in [0.5, 0.6) is 0 Å². The summed E-state index contributed by atoms with van der Waals surface area (Å²) in [5.74, 6) is 0.643. The summed E-state index contributed by atoms with van der Waals surface area (Å²) in [5, 5.41) is 3.08. The number of aromatic nitrogens is 2. The standard InChI is InChI=1S/C13H15BrFN3/c1-2-7-18-8-6-16-12(18)9-17-13-10(14)4-3-5-11(13)15/h3-6,8,17H,2,7,9H2,1H3. The quantitative estimate of drug-likeness (QED) is 0.910. The molecule has 0 radical (unpaired) electrons. The van der Waals surface area contributed by atoms with Crippen molar-refractivity contribution in [2.45, 2.75) is 26.4 Å². The maximum absolute atomic E-state index is 13.6. The summed E-state index contributed by atoms with van der Waals surface area (Å²) in [6.07, 6.45) is 4.76. The van der Waals surface area contributed by atoms with Crippen LogP contribution in [0.3, 0.4) is 0 Å². The first kappa shape index (κ1) is 13.1. The van der Waals surface area contributed by atoms with Gasteiger partial charge in [0.25, 0.3) is 0 Å². The van der Waals surface area contributed by atoms with Crippen LogP contribution >= 0.6 is 15.9 Å². The highest BCUT2D eigenvalue weighted by Crippen LogP contribution is 2.25. The predicted octanol–water partition coefficient (Wildman–Crippen LogP) is 3.81. The van der Waals surface area contributed by atoms with E-state index in [1.165, 1.54) is 6.07 Å². The van der Waals surface area contributed by atoms with Crippen molar-refractivity contribution in [1.82, 2.24) is 9.55 Å². The largest absolute Gasteiger partial charge is 0.375 e. The third-order valence-corrected chi connectivity index (χ3v) is 3.31. The van der Waals surface area contributed by atoms with Crippen molar-refractivity contribution in [3.05, 3.63) is 46.7 Å². The number of nitrogens with one attached hydrogen (secondary N) is 1. The van der Waals surface area contributed by atoms with Crippen LogP contribution in [0.25, 0.3) is 0 Å². The number of para-hydroxylation sites is 1. The first-order chi connectivity index (χ1) is 8.72. The fourth-order valence-electron chi connectivity index (χ4n) is 1.79. The second kappa shape index (κ2) is 6.00. The predicted molar refractivity (Wildman–Crippen MR) is 73.9 cm³/mol. The van der Waals surface area contributed by atoms with Gasteiger partial charge in [-0.05, 0) is 34.5 Å². The summed E-state index contributed by atoms with van der Waals surface area (Å²) < 4.78 is 16.4. The summed E-state index contributed by atoms with van der Waals surface area (Å²) in [6.45, 7) is 3.55. The Morgan fingerprint density at radius 3 is 3.00 bits per heavy atom. The molecule has 5 heteroatoms. The van der Waals surface area contributed by atoms with E-state index < -0.39 is 0 Å². The van der Waals surface area contributed by atoms with Gasteiger partial charge in [-0.25, -0.2) is 9.37 Å². The zero-order valence-electron chi connectivity index (χ0n) is 10.2. The molecule has 0 saturated heterocycles. The third-order valence-electron chi connectivity index (χ3n) is 2.65. The summed E-state index contributed by atoms with van der Waals surface area (Å²) >= 11 is 3.33. The molecule has 2 rings (SSSR count). The highest BCUT2D eigenvalue weighted by atomic mass is 79.9. The topological polar surface area (TPSA) is 29.9 Å². The van der Waals surface area contributed by atoms with Gasteiger partial charge in [0.05, 0.1) is 12.2 Å². The lowest BCUT2D eigenvalue weighted by molar-refractivity contribution is 0.624. The number of benzene rings is 1. The van der Waals surface area contributed by atoms with E-state index in [9.17, 15) is 4.39 Å². The van der Waals surface area contributed by atoms with Crippen molar-refractivity contribution in [2.24, 2.45) is 0 Å². The Balaban J connectivity index is 2.09. The molecule has 1 N–H and O–H groups in total. The Hall–Kier alpha value is -1.36. The first-order valence-corrected chi connectivity index (χ1v) is 6.69. The summed E-state index contributed by atoms with van der Waals surface area (Å²) in [4.78, 5) is 4.27. The van der Waals surface area contributed by atoms with Crippen LogP contribution in [0.1, 0.15) is 19.2 Å². The van der Waals surface area contributed by atoms with E-state index in [4.69, 9.17) is 0 Å². The van der Waals surface area contributed by atoms with Gasteiger partial charge in [0.15, 0.2) is 0 Å². The average molecular weight is 312 g/mol. The molecule has 0 bridgehead atoms. The van der Waals surface area contributed by atoms with Crippen molar-refractivity contribution in [2.75, 3.05) is 5.32 Å². The number of anilines is 1. The lowest BCUT2D eigenvalue weighted by atomic mass is 10.3. The maximum Gasteiger partial charge on any atom is 0.147 e. The van der Waals surface area contributed by atoms with Gasteiger partial charge in [-0.2, -0.15) is 0 Å². The number of imidazole rings is 1. The Kier molecular flexibility index (Phi) is 4.36. The number of halogens is 2. The molecular formula is C13H15BrFN3. The summed E-state index contributed by atoms with van der Waals surface area (Å²) in [5.41, 5.74) is 0.476. The molecule has 0 amide bonds. The van der Waals surface area contributed by atoms with Crippen molar-refractivity contribution >= 4 is 21.6 Å². The molecule has 0 atom stereocenters.